The van der Waals surface area contributed by atoms with Gasteiger partial charge in [-0.3, -0.25) is 5.43 Å². The molecule has 2 aromatic carbocycles. The Morgan fingerprint density at radius 2 is 1.86 bits per heavy atom. The quantitative estimate of drug-likeness (QED) is 0.392. The number of aryl methyl sites for hydroxylation is 1. The van der Waals surface area contributed by atoms with E-state index in [4.69, 9.17) is 12.2 Å². The predicted molar refractivity (Wildman–Crippen MR) is 97.4 cm³/mol. The fourth-order valence-corrected chi connectivity index (χ4v) is 2.92. The van der Waals surface area contributed by atoms with E-state index in [9.17, 15) is 0 Å². The van der Waals surface area contributed by atoms with Gasteiger partial charge in [-0.15, -0.1) is 0 Å². The molecule has 0 aliphatic carbocycles. The van der Waals surface area contributed by atoms with Crippen LogP contribution in [0.25, 0.3) is 21.8 Å². The number of aromatic nitrogens is 1. The fourth-order valence-electron chi connectivity index (χ4n) is 2.68. The van der Waals surface area contributed by atoms with Crippen molar-refractivity contribution in [2.45, 2.75) is 19.9 Å². The van der Waals surface area contributed by atoms with Gasteiger partial charge < -0.3 is 10.3 Å². The summed E-state index contributed by atoms with van der Waals surface area (Å²) in [5.74, 6) is 0. The lowest BCUT2D eigenvalue weighted by Gasteiger charge is -2.15. The van der Waals surface area contributed by atoms with E-state index in [1.165, 1.54) is 21.9 Å². The smallest absolute Gasteiger partial charge is 0.187 e. The number of hydrazone groups is 1. The molecule has 1 aromatic heterocycles. The maximum Gasteiger partial charge on any atom is 0.187 e. The highest BCUT2D eigenvalue weighted by atomic mass is 32.1. The van der Waals surface area contributed by atoms with Crippen LogP contribution in [-0.4, -0.2) is 16.8 Å². The molecule has 4 nitrogen and oxygen atoms in total. The lowest BCUT2D eigenvalue weighted by atomic mass is 10.0. The van der Waals surface area contributed by atoms with Gasteiger partial charge in [-0.2, -0.15) is 5.10 Å². The Bertz CT molecular complexity index is 866. The van der Waals surface area contributed by atoms with Gasteiger partial charge in [0.25, 0.3) is 0 Å². The Labute approximate surface area is 134 Å². The number of thiocarbonyl (C=S) groups is 1. The number of aromatic amines is 1. The van der Waals surface area contributed by atoms with Crippen molar-refractivity contribution in [3.8, 4) is 0 Å². The molecule has 0 radical (unpaired) electrons. The van der Waals surface area contributed by atoms with Gasteiger partial charge in [0.1, 0.15) is 0 Å². The van der Waals surface area contributed by atoms with E-state index >= 15 is 0 Å². The van der Waals surface area contributed by atoms with Crippen molar-refractivity contribution in [3.63, 3.8) is 0 Å². The summed E-state index contributed by atoms with van der Waals surface area (Å²) in [6.45, 7) is 7.54. The van der Waals surface area contributed by atoms with Gasteiger partial charge in [0.2, 0.25) is 0 Å². The molecule has 0 aliphatic rings. The third kappa shape index (κ3) is 2.67. The molecular weight excluding hydrogens is 292 g/mol. The van der Waals surface area contributed by atoms with Crippen molar-refractivity contribution in [1.82, 2.24) is 15.7 Å². The highest BCUT2D eigenvalue weighted by Gasteiger charge is 2.10. The van der Waals surface area contributed by atoms with Crippen LogP contribution in [0.2, 0.25) is 0 Å². The molecule has 1 atom stereocenters. The monoisotopic (exact) mass is 310 g/mol. The Balaban J connectivity index is 2.01. The number of rotatable bonds is 3. The molecule has 0 amide bonds. The zero-order chi connectivity index (χ0) is 15.7. The Kier molecular flexibility index (Phi) is 3.81. The van der Waals surface area contributed by atoms with Gasteiger partial charge in [-0.05, 0) is 55.9 Å². The van der Waals surface area contributed by atoms with Crippen molar-refractivity contribution in [1.29, 1.82) is 0 Å². The minimum Gasteiger partial charge on any atom is -0.355 e. The summed E-state index contributed by atoms with van der Waals surface area (Å²) in [5, 5.41) is 9.70. The average molecular weight is 310 g/mol. The molecule has 3 rings (SSSR count). The van der Waals surface area contributed by atoms with Gasteiger partial charge in [0.05, 0.1) is 6.04 Å². The molecule has 0 saturated carbocycles. The number of fused-ring (bicyclic) bond motifs is 3. The van der Waals surface area contributed by atoms with Crippen LogP contribution in [0.4, 0.5) is 0 Å². The van der Waals surface area contributed by atoms with E-state index in [-0.39, 0.29) is 6.04 Å². The third-order valence-electron chi connectivity index (χ3n) is 3.81. The molecule has 0 aliphatic heterocycles. The molecule has 0 fully saturated rings. The lowest BCUT2D eigenvalue weighted by Crippen LogP contribution is -2.33. The molecule has 22 heavy (non-hydrogen) atoms. The van der Waals surface area contributed by atoms with Crippen molar-refractivity contribution in [2.75, 3.05) is 0 Å². The number of H-pyrrole nitrogens is 1. The molecule has 3 aromatic rings. The molecule has 0 saturated heterocycles. The molecule has 3 N–H and O–H groups in total. The largest absolute Gasteiger partial charge is 0.355 e. The van der Waals surface area contributed by atoms with Crippen molar-refractivity contribution < 1.29 is 0 Å². The van der Waals surface area contributed by atoms with Crippen LogP contribution >= 0.6 is 12.2 Å². The van der Waals surface area contributed by atoms with Crippen LogP contribution in [-0.2, 0) is 0 Å². The van der Waals surface area contributed by atoms with Gasteiger partial charge >= 0.3 is 0 Å². The molecule has 1 heterocycles. The summed E-state index contributed by atoms with van der Waals surface area (Å²) in [7, 11) is 0. The second kappa shape index (κ2) is 5.77. The van der Waals surface area contributed by atoms with E-state index in [2.05, 4.69) is 77.8 Å². The molecule has 0 bridgehead atoms. The summed E-state index contributed by atoms with van der Waals surface area (Å²) in [6.07, 6.45) is 0. The predicted octanol–water partition coefficient (Wildman–Crippen LogP) is 3.77. The van der Waals surface area contributed by atoms with Crippen LogP contribution in [0.5, 0.6) is 0 Å². The summed E-state index contributed by atoms with van der Waals surface area (Å²) >= 11 is 5.14. The summed E-state index contributed by atoms with van der Waals surface area (Å²) < 4.78 is 0. The second-order valence-corrected chi connectivity index (χ2v) is 5.85. The molecular formula is C17H18N4S. The van der Waals surface area contributed by atoms with Gasteiger partial charge in [0.15, 0.2) is 5.11 Å². The minimum absolute atomic E-state index is 0.0842. The van der Waals surface area contributed by atoms with Gasteiger partial charge in [-0.25, -0.2) is 0 Å². The van der Waals surface area contributed by atoms with E-state index in [1.807, 2.05) is 0 Å². The van der Waals surface area contributed by atoms with Crippen LogP contribution in [0.3, 0.4) is 0 Å². The molecule has 112 valence electrons. The molecule has 5 heteroatoms. The Morgan fingerprint density at radius 1 is 1.18 bits per heavy atom. The molecule has 0 spiro atoms. The van der Waals surface area contributed by atoms with Crippen LogP contribution < -0.4 is 10.7 Å². The zero-order valence-electron chi connectivity index (χ0n) is 12.6. The Morgan fingerprint density at radius 3 is 2.59 bits per heavy atom. The van der Waals surface area contributed by atoms with Crippen molar-refractivity contribution in [2.24, 2.45) is 5.10 Å². The average Bonchev–Trinajstić information content (AvgIpc) is 2.84. The number of benzene rings is 2. The zero-order valence-corrected chi connectivity index (χ0v) is 13.4. The lowest BCUT2D eigenvalue weighted by molar-refractivity contribution is 0.705. The SMILES string of the molecule is C=NNC(=S)NC(C)c1ccc2[nH]c3ccc(C)cc3c2c1. The fraction of sp³-hybridized carbons (Fsp3) is 0.176. The van der Waals surface area contributed by atoms with E-state index in [0.717, 1.165) is 11.0 Å². The van der Waals surface area contributed by atoms with Crippen molar-refractivity contribution in [3.05, 3.63) is 47.5 Å². The summed E-state index contributed by atoms with van der Waals surface area (Å²) in [6, 6.07) is 13.0. The summed E-state index contributed by atoms with van der Waals surface area (Å²) in [4.78, 5) is 3.45. The highest BCUT2D eigenvalue weighted by Crippen LogP contribution is 2.28. The van der Waals surface area contributed by atoms with E-state index in [0.29, 0.717) is 5.11 Å². The van der Waals surface area contributed by atoms with Crippen molar-refractivity contribution >= 4 is 45.9 Å². The normalized spacial score (nSPS) is 12.3. The van der Waals surface area contributed by atoms with Crippen LogP contribution in [0.1, 0.15) is 24.1 Å². The maximum atomic E-state index is 5.14. The molecule has 1 unspecified atom stereocenters. The number of hydrogen-bond donors (Lipinski definition) is 3. The van der Waals surface area contributed by atoms with Gasteiger partial charge in [0, 0.05) is 28.5 Å². The first-order valence-corrected chi connectivity index (χ1v) is 7.53. The topological polar surface area (TPSA) is 52.2 Å². The first-order chi connectivity index (χ1) is 10.6. The Hall–Kier alpha value is -2.40. The number of hydrogen-bond acceptors (Lipinski definition) is 2. The third-order valence-corrected chi connectivity index (χ3v) is 4.02. The standard InChI is InChI=1S/C17H18N4S/c1-10-4-6-15-13(8-10)14-9-12(5-7-16(14)20-15)11(2)19-17(22)21-18-3/h4-9,11,20H,3H2,1-2H3,(H2,19,21,22). The second-order valence-electron chi connectivity index (χ2n) is 5.44. The van der Waals surface area contributed by atoms with E-state index in [1.54, 1.807) is 0 Å². The number of nitrogens with zero attached hydrogens (tertiary/aromatic N) is 1. The minimum atomic E-state index is 0.0842. The van der Waals surface area contributed by atoms with Crippen LogP contribution in [0.15, 0.2) is 41.5 Å². The van der Waals surface area contributed by atoms with Crippen LogP contribution in [0, 0.1) is 6.92 Å². The summed E-state index contributed by atoms with van der Waals surface area (Å²) in [5.41, 5.74) is 7.37. The first kappa shape index (κ1) is 14.5. The maximum absolute atomic E-state index is 5.14. The number of nitrogens with one attached hydrogen (secondary N) is 3. The highest BCUT2D eigenvalue weighted by molar-refractivity contribution is 7.80. The van der Waals surface area contributed by atoms with E-state index < -0.39 is 0 Å². The first-order valence-electron chi connectivity index (χ1n) is 7.12. The van der Waals surface area contributed by atoms with Gasteiger partial charge in [-0.1, -0.05) is 17.7 Å².